The summed E-state index contributed by atoms with van der Waals surface area (Å²) in [5, 5.41) is 64.4. The molecule has 0 bridgehead atoms. The molecule has 19 heteroatoms. The summed E-state index contributed by atoms with van der Waals surface area (Å²) in [6, 6.07) is 0. The molecule has 222 valence electrons. The van der Waals surface area contributed by atoms with Crippen LogP contribution >= 0.6 is 11.8 Å². The largest absolute Gasteiger partial charge is 0.481 e. The summed E-state index contributed by atoms with van der Waals surface area (Å²) in [5.41, 5.74) is -6.27. The van der Waals surface area contributed by atoms with Crippen LogP contribution in [0.4, 0.5) is 19.0 Å². The zero-order valence-corrected chi connectivity index (χ0v) is 21.5. The minimum atomic E-state index is -4.45. The molecular weight excluding hydrogens is 571 g/mol. The van der Waals surface area contributed by atoms with E-state index in [1.165, 1.54) is 0 Å². The number of nitrogens with one attached hydrogen (secondary N) is 1. The third-order valence-corrected chi connectivity index (χ3v) is 6.94. The van der Waals surface area contributed by atoms with Crippen LogP contribution in [0, 0.1) is 0 Å². The molecule has 40 heavy (non-hydrogen) atoms. The zero-order valence-electron chi connectivity index (χ0n) is 20.7. The highest BCUT2D eigenvalue weighted by Crippen LogP contribution is 2.51. The highest BCUT2D eigenvalue weighted by Gasteiger charge is 2.69. The average Bonchev–Trinajstić information content (AvgIpc) is 3.29. The number of carbonyl (C=O) groups is 3. The lowest BCUT2D eigenvalue weighted by Gasteiger charge is -2.40. The van der Waals surface area contributed by atoms with Gasteiger partial charge >= 0.3 is 24.1 Å². The van der Waals surface area contributed by atoms with Crippen molar-refractivity contribution in [2.75, 3.05) is 17.6 Å². The van der Waals surface area contributed by atoms with Gasteiger partial charge in [-0.1, -0.05) is 11.8 Å². The number of halogens is 3. The van der Waals surface area contributed by atoms with Crippen molar-refractivity contribution in [3.63, 3.8) is 0 Å². The number of anilines is 1. The summed E-state index contributed by atoms with van der Waals surface area (Å²) < 4.78 is 44.5. The second-order valence-corrected chi connectivity index (χ2v) is 10.0. The Morgan fingerprint density at radius 1 is 1.12 bits per heavy atom. The van der Waals surface area contributed by atoms with Crippen LogP contribution in [0.15, 0.2) is 11.5 Å². The minimum absolute atomic E-state index is 0.000366. The molecule has 1 fully saturated rings. The Labute approximate surface area is 227 Å². The molecule has 7 N–H and O–H groups in total. The van der Waals surface area contributed by atoms with Crippen LogP contribution in [0.5, 0.6) is 0 Å². The first-order chi connectivity index (χ1) is 18.5. The van der Waals surface area contributed by atoms with Gasteiger partial charge in [-0.05, 0) is 6.92 Å². The van der Waals surface area contributed by atoms with Crippen LogP contribution < -0.4 is 5.32 Å². The number of fused-ring (bicyclic) bond motifs is 1. The summed E-state index contributed by atoms with van der Waals surface area (Å²) in [5.74, 6) is -5.43. The number of carboxylic acid groups (broad SMARTS) is 3. The smallest absolute Gasteiger partial charge is 0.389 e. The molecular formula is C21H26F3N5O10S. The van der Waals surface area contributed by atoms with Gasteiger partial charge in [0.05, 0.1) is 38.1 Å². The Kier molecular flexibility index (Phi) is 9.14. The molecule has 1 unspecified atom stereocenters. The van der Waals surface area contributed by atoms with E-state index >= 15 is 0 Å². The number of aliphatic hydroxyl groups excluding tert-OH is 1. The van der Waals surface area contributed by atoms with E-state index < -0.39 is 85.2 Å². The van der Waals surface area contributed by atoms with Gasteiger partial charge in [0.15, 0.2) is 34.0 Å². The molecule has 0 aromatic carbocycles. The molecule has 15 nitrogen and oxygen atoms in total. The normalized spacial score (nSPS) is 25.7. The average molecular weight is 598 g/mol. The van der Waals surface area contributed by atoms with Crippen LogP contribution in [-0.4, -0.2) is 110 Å². The predicted molar refractivity (Wildman–Crippen MR) is 127 cm³/mol. The van der Waals surface area contributed by atoms with Crippen molar-refractivity contribution in [2.24, 2.45) is 0 Å². The quantitative estimate of drug-likeness (QED) is 0.123. The van der Waals surface area contributed by atoms with Gasteiger partial charge in [-0.2, -0.15) is 13.2 Å². The lowest BCUT2D eigenvalue weighted by molar-refractivity contribution is -0.188. The fourth-order valence-electron chi connectivity index (χ4n) is 4.45. The summed E-state index contributed by atoms with van der Waals surface area (Å²) in [7, 11) is 0. The SMILES string of the molecule is CCNc1nc(SCCC(F)(F)F)nc2c1ncn2[C@@H]1O[C@H](C(O)CC(=O)O)[C@](O)(CC(=O)O)[C@]1(O)CC(=O)O. The fourth-order valence-corrected chi connectivity index (χ4v) is 5.27. The third kappa shape index (κ3) is 6.38. The molecule has 3 heterocycles. The van der Waals surface area contributed by atoms with E-state index in [1.807, 2.05) is 0 Å². The molecule has 0 aliphatic carbocycles. The minimum Gasteiger partial charge on any atom is -0.481 e. The van der Waals surface area contributed by atoms with Crippen molar-refractivity contribution >= 4 is 46.7 Å². The monoisotopic (exact) mass is 597 g/mol. The van der Waals surface area contributed by atoms with E-state index in [0.717, 1.165) is 10.9 Å². The Balaban J connectivity index is 2.19. The summed E-state index contributed by atoms with van der Waals surface area (Å²) >= 11 is 0.635. The first-order valence-corrected chi connectivity index (χ1v) is 12.6. The van der Waals surface area contributed by atoms with Crippen LogP contribution in [-0.2, 0) is 19.1 Å². The summed E-state index contributed by atoms with van der Waals surface area (Å²) in [4.78, 5) is 47.1. The Bertz CT molecular complexity index is 1280. The second kappa shape index (κ2) is 11.7. The van der Waals surface area contributed by atoms with Crippen molar-refractivity contribution < 1.29 is 62.9 Å². The van der Waals surface area contributed by atoms with Gasteiger partial charge in [-0.25, -0.2) is 15.0 Å². The number of ether oxygens (including phenoxy) is 1. The number of nitrogens with zero attached hydrogens (tertiary/aromatic N) is 4. The third-order valence-electron chi connectivity index (χ3n) is 6.09. The van der Waals surface area contributed by atoms with Crippen molar-refractivity contribution in [1.82, 2.24) is 19.5 Å². The predicted octanol–water partition coefficient (Wildman–Crippen LogP) is 0.447. The molecule has 0 spiro atoms. The van der Waals surface area contributed by atoms with E-state index in [4.69, 9.17) is 9.84 Å². The highest BCUT2D eigenvalue weighted by molar-refractivity contribution is 7.99. The molecule has 2 aromatic rings. The van der Waals surface area contributed by atoms with Crippen molar-refractivity contribution in [1.29, 1.82) is 0 Å². The van der Waals surface area contributed by atoms with Gasteiger partial charge < -0.3 is 40.7 Å². The van der Waals surface area contributed by atoms with E-state index in [9.17, 15) is 53.1 Å². The summed E-state index contributed by atoms with van der Waals surface area (Å²) in [6.07, 6.45) is -14.6. The van der Waals surface area contributed by atoms with Crippen molar-refractivity contribution in [2.45, 2.75) is 73.6 Å². The molecule has 0 radical (unpaired) electrons. The number of aromatic nitrogens is 4. The van der Waals surface area contributed by atoms with Gasteiger partial charge in [0.2, 0.25) is 0 Å². The molecule has 0 amide bonds. The molecule has 1 aliphatic rings. The molecule has 5 atom stereocenters. The molecule has 3 rings (SSSR count). The van der Waals surface area contributed by atoms with Crippen LogP contribution in [0.1, 0.15) is 38.8 Å². The van der Waals surface area contributed by atoms with E-state index in [1.54, 1.807) is 6.92 Å². The van der Waals surface area contributed by atoms with E-state index in [0.29, 0.717) is 11.8 Å². The van der Waals surface area contributed by atoms with Gasteiger partial charge in [0, 0.05) is 12.3 Å². The number of aliphatic hydroxyl groups is 3. The summed E-state index contributed by atoms with van der Waals surface area (Å²) in [6.45, 7) is 1.98. The lowest BCUT2D eigenvalue weighted by atomic mass is 9.73. The fraction of sp³-hybridized carbons (Fsp3) is 0.619. The van der Waals surface area contributed by atoms with Gasteiger partial charge in [-0.3, -0.25) is 19.0 Å². The first-order valence-electron chi connectivity index (χ1n) is 11.6. The van der Waals surface area contributed by atoms with Gasteiger partial charge in [0.25, 0.3) is 0 Å². The van der Waals surface area contributed by atoms with E-state index in [-0.39, 0.29) is 28.7 Å². The number of thioether (sulfide) groups is 1. The Hall–Kier alpha value is -3.26. The molecule has 1 saturated heterocycles. The maximum atomic E-state index is 12.7. The Morgan fingerprint density at radius 2 is 1.75 bits per heavy atom. The zero-order chi connectivity index (χ0) is 30.0. The first kappa shape index (κ1) is 31.3. The highest BCUT2D eigenvalue weighted by atomic mass is 32.2. The van der Waals surface area contributed by atoms with Crippen molar-refractivity contribution in [3.05, 3.63) is 6.33 Å². The lowest BCUT2D eigenvalue weighted by Crippen LogP contribution is -2.62. The molecule has 2 aromatic heterocycles. The maximum Gasteiger partial charge on any atom is 0.389 e. The number of hydrogen-bond acceptors (Lipinski definition) is 12. The number of alkyl halides is 3. The Morgan fingerprint density at radius 3 is 2.30 bits per heavy atom. The number of hydrogen-bond donors (Lipinski definition) is 7. The van der Waals surface area contributed by atoms with E-state index in [2.05, 4.69) is 20.3 Å². The van der Waals surface area contributed by atoms with Crippen LogP contribution in [0.2, 0.25) is 0 Å². The van der Waals surface area contributed by atoms with Crippen LogP contribution in [0.25, 0.3) is 11.2 Å². The maximum absolute atomic E-state index is 12.7. The standard InChI is InChI=1S/C21H26F3N5O10S/c1-2-25-15-13-16(28-18(27-15)40-4-3-21(22,23)24)29(8-26-13)17-20(38,7-12(35)36)19(37,6-11(33)34)14(39-17)9(30)5-10(31)32/h8-9,14,17,30,37-38H,2-7H2,1H3,(H,31,32)(H,33,34)(H,35,36)(H,25,27,28)/t9?,14-,17-,19-,20+/m1/s1. The van der Waals surface area contributed by atoms with Crippen LogP contribution in [0.3, 0.4) is 0 Å². The number of aliphatic carboxylic acids is 3. The number of carboxylic acids is 3. The molecule has 0 saturated carbocycles. The second-order valence-electron chi connectivity index (χ2n) is 8.99. The topological polar surface area (TPSA) is 237 Å². The van der Waals surface area contributed by atoms with Gasteiger partial charge in [-0.15, -0.1) is 0 Å². The van der Waals surface area contributed by atoms with Gasteiger partial charge in [0.1, 0.15) is 11.7 Å². The molecule has 1 aliphatic heterocycles. The number of imidazole rings is 1. The number of rotatable bonds is 13. The van der Waals surface area contributed by atoms with Crippen molar-refractivity contribution in [3.8, 4) is 0 Å².